The number of methoxy groups -OCH3 is 1. The maximum absolute atomic E-state index is 6.49. The van der Waals surface area contributed by atoms with Crippen molar-refractivity contribution in [3.8, 4) is 17.0 Å². The molecule has 8 nitrogen and oxygen atoms in total. The van der Waals surface area contributed by atoms with Crippen molar-refractivity contribution < 1.29 is 4.74 Å². The zero-order valence-corrected chi connectivity index (χ0v) is 23.0. The Kier molecular flexibility index (Phi) is 6.99. The molecule has 0 unspecified atom stereocenters. The minimum absolute atomic E-state index is 0.475. The molecule has 0 saturated carbocycles. The summed E-state index contributed by atoms with van der Waals surface area (Å²) >= 11 is 0. The Bertz CT molecular complexity index is 1500. The van der Waals surface area contributed by atoms with Gasteiger partial charge in [-0.1, -0.05) is 24.8 Å². The van der Waals surface area contributed by atoms with Gasteiger partial charge in [-0.05, 0) is 51.1 Å². The number of nitrogen functional groups attached to an aromatic ring is 1. The first-order chi connectivity index (χ1) is 18.3. The summed E-state index contributed by atoms with van der Waals surface area (Å²) in [5.41, 5.74) is 15.3. The summed E-state index contributed by atoms with van der Waals surface area (Å²) in [7, 11) is 7.81. The van der Waals surface area contributed by atoms with Crippen LogP contribution in [0, 0.1) is 0 Å². The zero-order valence-electron chi connectivity index (χ0n) is 23.0. The van der Waals surface area contributed by atoms with Crippen LogP contribution in [0.25, 0.3) is 27.7 Å². The number of nitrogens with one attached hydrogen (secondary N) is 1. The van der Waals surface area contributed by atoms with E-state index in [1.54, 1.807) is 7.11 Å². The Morgan fingerprint density at radius 1 is 1.21 bits per heavy atom. The molecular formula is C30H37N7O. The van der Waals surface area contributed by atoms with E-state index in [4.69, 9.17) is 15.5 Å². The largest absolute Gasteiger partial charge is 0.494 e. The van der Waals surface area contributed by atoms with Crippen LogP contribution >= 0.6 is 0 Å². The maximum Gasteiger partial charge on any atom is 0.227 e. The Balaban J connectivity index is 1.54. The fourth-order valence-corrected chi connectivity index (χ4v) is 5.18. The van der Waals surface area contributed by atoms with Gasteiger partial charge in [0.15, 0.2) is 0 Å². The molecule has 3 N–H and O–H groups in total. The van der Waals surface area contributed by atoms with E-state index in [9.17, 15) is 0 Å². The predicted molar refractivity (Wildman–Crippen MR) is 159 cm³/mol. The number of para-hydroxylation sites is 1. The quantitative estimate of drug-likeness (QED) is 0.291. The predicted octanol–water partition coefficient (Wildman–Crippen LogP) is 5.41. The Morgan fingerprint density at radius 2 is 2.03 bits per heavy atom. The summed E-state index contributed by atoms with van der Waals surface area (Å²) in [6.07, 6.45) is 6.32. The molecule has 0 fully saturated rings. The monoisotopic (exact) mass is 511 g/mol. The highest BCUT2D eigenvalue weighted by atomic mass is 16.5. The minimum Gasteiger partial charge on any atom is -0.494 e. The van der Waals surface area contributed by atoms with Crippen molar-refractivity contribution in [2.45, 2.75) is 26.3 Å². The van der Waals surface area contributed by atoms with Crippen LogP contribution in [-0.4, -0.2) is 60.8 Å². The standard InChI is InChI=1S/C30H37N7O/c1-19(2)22-17-32-30(33-25-15-24(31)26(16-27(25)38-6)36(5)14-13-35(3)4)34-28(22)23-18-37-12-8-10-20-9-7-11-21(23)29(20)37/h7,9,11,15-18H,1,8,10,12-14,31H2,2-6H3,(H,32,33,34). The molecule has 0 spiro atoms. The average Bonchev–Trinajstić information content (AvgIpc) is 3.27. The lowest BCUT2D eigenvalue weighted by molar-refractivity contribution is 0.413. The van der Waals surface area contributed by atoms with Crippen LogP contribution in [-0.2, 0) is 13.0 Å². The summed E-state index contributed by atoms with van der Waals surface area (Å²) in [4.78, 5) is 13.9. The van der Waals surface area contributed by atoms with Crippen LogP contribution in [0.4, 0.5) is 23.0 Å². The molecule has 2 aromatic heterocycles. The number of hydrogen-bond acceptors (Lipinski definition) is 7. The summed E-state index contributed by atoms with van der Waals surface area (Å²) in [6.45, 7) is 8.97. The smallest absolute Gasteiger partial charge is 0.227 e. The fraction of sp³-hybridized carbons (Fsp3) is 0.333. The van der Waals surface area contributed by atoms with Crippen LogP contribution in [0.15, 0.2) is 49.3 Å². The molecule has 5 rings (SSSR count). The second-order valence-corrected chi connectivity index (χ2v) is 10.4. The number of benzene rings is 2. The second kappa shape index (κ2) is 10.4. The van der Waals surface area contributed by atoms with Crippen LogP contribution < -0.4 is 20.7 Å². The van der Waals surface area contributed by atoms with Crippen molar-refractivity contribution in [2.75, 3.05) is 57.3 Å². The number of hydrogen-bond donors (Lipinski definition) is 2. The van der Waals surface area contributed by atoms with Crippen LogP contribution in [0.3, 0.4) is 0 Å². The number of anilines is 4. The highest BCUT2D eigenvalue weighted by Crippen LogP contribution is 2.39. The molecule has 0 radical (unpaired) electrons. The fourth-order valence-electron chi connectivity index (χ4n) is 5.18. The molecule has 38 heavy (non-hydrogen) atoms. The van der Waals surface area contributed by atoms with E-state index >= 15 is 0 Å². The zero-order chi connectivity index (χ0) is 27.0. The molecule has 1 aliphatic rings. The summed E-state index contributed by atoms with van der Waals surface area (Å²) in [5.74, 6) is 1.15. The molecule has 0 amide bonds. The number of likely N-dealkylation sites (N-methyl/N-ethyl adjacent to an activating group) is 2. The molecule has 3 heterocycles. The van der Waals surface area contributed by atoms with E-state index in [1.165, 1.54) is 16.5 Å². The lowest BCUT2D eigenvalue weighted by Gasteiger charge is -2.24. The van der Waals surface area contributed by atoms with E-state index < -0.39 is 0 Å². The Morgan fingerprint density at radius 3 is 2.76 bits per heavy atom. The van der Waals surface area contributed by atoms with Crippen LogP contribution in [0.2, 0.25) is 0 Å². The first kappa shape index (κ1) is 25.6. The Labute approximate surface area is 224 Å². The molecule has 1 aliphatic heterocycles. The normalized spacial score (nSPS) is 12.7. The van der Waals surface area contributed by atoms with Crippen molar-refractivity contribution in [3.63, 3.8) is 0 Å². The number of rotatable bonds is 9. The highest BCUT2D eigenvalue weighted by molar-refractivity contribution is 5.99. The van der Waals surface area contributed by atoms with Crippen LogP contribution in [0.1, 0.15) is 24.5 Å². The molecule has 0 saturated heterocycles. The van der Waals surface area contributed by atoms with Gasteiger partial charge in [-0.2, -0.15) is 0 Å². The van der Waals surface area contributed by atoms with Gasteiger partial charge in [0.05, 0.1) is 35.4 Å². The number of aromatic nitrogens is 3. The number of aryl methyl sites for hydroxylation is 2. The van der Waals surface area contributed by atoms with Gasteiger partial charge >= 0.3 is 0 Å². The summed E-state index contributed by atoms with van der Waals surface area (Å²) < 4.78 is 8.09. The van der Waals surface area contributed by atoms with E-state index in [1.807, 2.05) is 32.3 Å². The topological polar surface area (TPSA) is 84.5 Å². The van der Waals surface area contributed by atoms with E-state index in [0.29, 0.717) is 23.1 Å². The Hall–Kier alpha value is -4.04. The number of nitrogens with two attached hydrogens (primary N) is 1. The van der Waals surface area contributed by atoms with Gasteiger partial charge in [0.25, 0.3) is 0 Å². The van der Waals surface area contributed by atoms with E-state index in [2.05, 4.69) is 69.7 Å². The molecule has 4 aromatic rings. The number of allylic oxidation sites excluding steroid dienone is 1. The van der Waals surface area contributed by atoms with Gasteiger partial charge in [-0.25, -0.2) is 9.97 Å². The maximum atomic E-state index is 6.49. The van der Waals surface area contributed by atoms with Gasteiger partial charge in [0.1, 0.15) is 5.75 Å². The summed E-state index contributed by atoms with van der Waals surface area (Å²) in [6, 6.07) is 10.4. The van der Waals surface area contributed by atoms with Gasteiger partial charge < -0.3 is 30.2 Å². The van der Waals surface area contributed by atoms with Gasteiger partial charge in [-0.15, -0.1) is 0 Å². The van der Waals surface area contributed by atoms with Crippen molar-refractivity contribution in [3.05, 3.63) is 60.4 Å². The number of ether oxygens (including phenoxy) is 1. The third-order valence-electron chi connectivity index (χ3n) is 7.22. The van der Waals surface area contributed by atoms with Crippen LogP contribution in [0.5, 0.6) is 5.75 Å². The third kappa shape index (κ3) is 4.79. The molecule has 0 bridgehead atoms. The molecule has 198 valence electrons. The summed E-state index contributed by atoms with van der Waals surface area (Å²) in [5, 5.41) is 4.57. The highest BCUT2D eigenvalue weighted by Gasteiger charge is 2.21. The van der Waals surface area contributed by atoms with E-state index in [0.717, 1.165) is 60.6 Å². The lowest BCUT2D eigenvalue weighted by atomic mass is 9.99. The van der Waals surface area contributed by atoms with Gasteiger partial charge in [0, 0.05) is 61.7 Å². The van der Waals surface area contributed by atoms with Gasteiger partial charge in [0.2, 0.25) is 5.95 Å². The molecular weight excluding hydrogens is 474 g/mol. The van der Waals surface area contributed by atoms with Crippen molar-refractivity contribution in [2.24, 2.45) is 0 Å². The van der Waals surface area contributed by atoms with Gasteiger partial charge in [-0.3, -0.25) is 0 Å². The molecule has 8 heteroatoms. The van der Waals surface area contributed by atoms with Crippen molar-refractivity contribution in [1.82, 2.24) is 19.4 Å². The molecule has 2 aromatic carbocycles. The molecule has 0 aliphatic carbocycles. The average molecular weight is 512 g/mol. The van der Waals surface area contributed by atoms with Crippen molar-refractivity contribution >= 4 is 39.5 Å². The SMILES string of the molecule is C=C(C)c1cnc(Nc2cc(N)c(N(C)CCN(C)C)cc2OC)nc1-c1cn2c3c(cccc13)CCC2. The first-order valence-corrected chi connectivity index (χ1v) is 13.0. The first-order valence-electron chi connectivity index (χ1n) is 13.0. The molecule has 0 atom stereocenters. The number of nitrogens with zero attached hydrogens (tertiary/aromatic N) is 5. The second-order valence-electron chi connectivity index (χ2n) is 10.4. The minimum atomic E-state index is 0.475. The van der Waals surface area contributed by atoms with E-state index in [-0.39, 0.29) is 0 Å². The third-order valence-corrected chi connectivity index (χ3v) is 7.22. The van der Waals surface area contributed by atoms with Crippen molar-refractivity contribution in [1.29, 1.82) is 0 Å². The lowest BCUT2D eigenvalue weighted by Crippen LogP contribution is -2.29.